The molecule has 1 N–H and O–H groups in total. The Morgan fingerprint density at radius 3 is 2.95 bits per heavy atom. The van der Waals surface area contributed by atoms with E-state index in [0.717, 1.165) is 12.1 Å². The van der Waals surface area contributed by atoms with Crippen molar-refractivity contribution in [3.8, 4) is 5.75 Å². The molecule has 2 aromatic rings. The predicted molar refractivity (Wildman–Crippen MR) is 80.8 cm³/mol. The Hall–Kier alpha value is -2.34. The summed E-state index contributed by atoms with van der Waals surface area (Å²) in [4.78, 5) is 14.7. The molecule has 0 amide bonds. The highest BCUT2D eigenvalue weighted by molar-refractivity contribution is 6.30. The van der Waals surface area contributed by atoms with E-state index in [1.165, 1.54) is 18.2 Å². The molecule has 0 fully saturated rings. The average Bonchev–Trinajstić information content (AvgIpc) is 2.46. The lowest BCUT2D eigenvalue weighted by Crippen LogP contribution is -2.06. The molecule has 1 heterocycles. The topological polar surface area (TPSA) is 77.3 Å². The summed E-state index contributed by atoms with van der Waals surface area (Å²) in [7, 11) is 0. The first-order valence-electron chi connectivity index (χ1n) is 6.36. The molecule has 0 bridgehead atoms. The van der Waals surface area contributed by atoms with Gasteiger partial charge in [0.25, 0.3) is 0 Å². The van der Waals surface area contributed by atoms with Gasteiger partial charge in [0, 0.05) is 35.5 Å². The monoisotopic (exact) mass is 307 g/mol. The van der Waals surface area contributed by atoms with E-state index in [-0.39, 0.29) is 18.0 Å². The van der Waals surface area contributed by atoms with Crippen LogP contribution in [0, 0.1) is 10.1 Å². The number of hydrogen-bond acceptors (Lipinski definition) is 5. The Morgan fingerprint density at radius 2 is 2.24 bits per heavy atom. The lowest BCUT2D eigenvalue weighted by Gasteiger charge is -2.11. The number of nitrogens with zero attached hydrogens (tertiary/aromatic N) is 2. The Kier molecular flexibility index (Phi) is 4.94. The molecule has 2 rings (SSSR count). The van der Waals surface area contributed by atoms with Crippen LogP contribution in [-0.4, -0.2) is 16.5 Å². The summed E-state index contributed by atoms with van der Waals surface area (Å²) in [5, 5.41) is 14.5. The van der Waals surface area contributed by atoms with Crippen LogP contribution in [0.25, 0.3) is 0 Å². The van der Waals surface area contributed by atoms with Crippen LogP contribution >= 0.6 is 11.6 Å². The number of pyridine rings is 1. The zero-order valence-corrected chi connectivity index (χ0v) is 12.1. The number of nitro groups is 1. The second-order valence-corrected chi connectivity index (χ2v) is 4.64. The largest absolute Gasteiger partial charge is 0.482 e. The molecular formula is C14H14ClN3O3. The number of aromatic nitrogens is 1. The summed E-state index contributed by atoms with van der Waals surface area (Å²) in [6, 6.07) is 7.85. The van der Waals surface area contributed by atoms with E-state index < -0.39 is 4.92 Å². The highest BCUT2D eigenvalue weighted by atomic mass is 35.5. The Bertz CT molecular complexity index is 649. The average molecular weight is 308 g/mol. The zero-order valence-electron chi connectivity index (χ0n) is 11.4. The fraction of sp³-hybridized carbons (Fsp3) is 0.214. The maximum absolute atomic E-state index is 11.0. The van der Waals surface area contributed by atoms with Gasteiger partial charge in [0.2, 0.25) is 0 Å². The van der Waals surface area contributed by atoms with E-state index in [9.17, 15) is 10.1 Å². The lowest BCUT2D eigenvalue weighted by molar-refractivity contribution is -0.385. The van der Waals surface area contributed by atoms with Crippen molar-refractivity contribution in [1.29, 1.82) is 0 Å². The number of halogens is 1. The van der Waals surface area contributed by atoms with Crippen molar-refractivity contribution >= 4 is 23.1 Å². The maximum Gasteiger partial charge on any atom is 0.311 e. The van der Waals surface area contributed by atoms with Crippen LogP contribution in [0.2, 0.25) is 5.02 Å². The van der Waals surface area contributed by atoms with E-state index in [4.69, 9.17) is 16.3 Å². The highest BCUT2D eigenvalue weighted by Gasteiger charge is 2.16. The van der Waals surface area contributed by atoms with Crippen LogP contribution in [0.5, 0.6) is 5.75 Å². The molecule has 0 unspecified atom stereocenters. The first kappa shape index (κ1) is 15.1. The Balaban J connectivity index is 2.20. The van der Waals surface area contributed by atoms with Crippen LogP contribution in [0.15, 0.2) is 36.5 Å². The van der Waals surface area contributed by atoms with Crippen molar-refractivity contribution in [1.82, 2.24) is 4.98 Å². The van der Waals surface area contributed by atoms with Gasteiger partial charge in [-0.15, -0.1) is 0 Å². The molecule has 0 atom stereocenters. The SMILES string of the molecule is CCNc1ncccc1COc1cc(Cl)ccc1[N+](=O)[O-]. The number of anilines is 1. The standard InChI is InChI=1S/C14H14ClN3O3/c1-2-16-14-10(4-3-7-17-14)9-21-13-8-11(15)5-6-12(13)18(19)20/h3-8H,2,9H2,1H3,(H,16,17). The summed E-state index contributed by atoms with van der Waals surface area (Å²) in [6.07, 6.45) is 1.67. The second-order valence-electron chi connectivity index (χ2n) is 4.20. The number of nitro benzene ring substituents is 1. The molecule has 110 valence electrons. The van der Waals surface area contributed by atoms with Gasteiger partial charge in [0.1, 0.15) is 12.4 Å². The number of nitrogens with one attached hydrogen (secondary N) is 1. The van der Waals surface area contributed by atoms with E-state index in [2.05, 4.69) is 10.3 Å². The van der Waals surface area contributed by atoms with Crippen LogP contribution in [0.1, 0.15) is 12.5 Å². The van der Waals surface area contributed by atoms with Gasteiger partial charge >= 0.3 is 5.69 Å². The first-order chi connectivity index (χ1) is 10.1. The minimum Gasteiger partial charge on any atom is -0.482 e. The molecular weight excluding hydrogens is 294 g/mol. The molecule has 0 radical (unpaired) electrons. The second kappa shape index (κ2) is 6.90. The van der Waals surface area contributed by atoms with Crippen molar-refractivity contribution in [3.05, 3.63) is 57.2 Å². The van der Waals surface area contributed by atoms with Crippen molar-refractivity contribution in [2.75, 3.05) is 11.9 Å². The van der Waals surface area contributed by atoms with Gasteiger partial charge in [-0.1, -0.05) is 17.7 Å². The molecule has 21 heavy (non-hydrogen) atoms. The summed E-state index contributed by atoms with van der Waals surface area (Å²) < 4.78 is 5.55. The van der Waals surface area contributed by atoms with E-state index in [1.807, 2.05) is 13.0 Å². The molecule has 0 saturated heterocycles. The van der Waals surface area contributed by atoms with Gasteiger partial charge in [0.15, 0.2) is 5.75 Å². The smallest absolute Gasteiger partial charge is 0.311 e. The Morgan fingerprint density at radius 1 is 1.43 bits per heavy atom. The predicted octanol–water partition coefficient (Wildman–Crippen LogP) is 3.65. The van der Waals surface area contributed by atoms with Crippen molar-refractivity contribution in [2.45, 2.75) is 13.5 Å². The minimum absolute atomic E-state index is 0.117. The third-order valence-electron chi connectivity index (χ3n) is 2.74. The van der Waals surface area contributed by atoms with Crippen molar-refractivity contribution in [2.24, 2.45) is 0 Å². The highest BCUT2D eigenvalue weighted by Crippen LogP contribution is 2.30. The molecule has 0 aliphatic carbocycles. The van der Waals surface area contributed by atoms with Gasteiger partial charge in [-0.05, 0) is 19.1 Å². The summed E-state index contributed by atoms with van der Waals surface area (Å²) in [6.45, 7) is 2.85. The minimum atomic E-state index is -0.500. The van der Waals surface area contributed by atoms with Gasteiger partial charge in [-0.2, -0.15) is 0 Å². The summed E-state index contributed by atoms with van der Waals surface area (Å²) >= 11 is 5.86. The molecule has 7 heteroatoms. The number of hydrogen-bond donors (Lipinski definition) is 1. The first-order valence-corrected chi connectivity index (χ1v) is 6.74. The van der Waals surface area contributed by atoms with Gasteiger partial charge < -0.3 is 10.1 Å². The maximum atomic E-state index is 11.0. The van der Waals surface area contributed by atoms with Crippen LogP contribution in [0.3, 0.4) is 0 Å². The Labute approximate surface area is 126 Å². The van der Waals surface area contributed by atoms with Crippen LogP contribution in [0.4, 0.5) is 11.5 Å². The fourth-order valence-corrected chi connectivity index (χ4v) is 1.95. The molecule has 1 aromatic heterocycles. The van der Waals surface area contributed by atoms with Gasteiger partial charge in [-0.25, -0.2) is 4.98 Å². The van der Waals surface area contributed by atoms with Crippen molar-refractivity contribution < 1.29 is 9.66 Å². The number of rotatable bonds is 6. The van der Waals surface area contributed by atoms with E-state index in [0.29, 0.717) is 10.8 Å². The van der Waals surface area contributed by atoms with Gasteiger partial charge in [0.05, 0.1) is 4.92 Å². The van der Waals surface area contributed by atoms with Gasteiger partial charge in [-0.3, -0.25) is 10.1 Å². The fourth-order valence-electron chi connectivity index (χ4n) is 1.79. The van der Waals surface area contributed by atoms with E-state index >= 15 is 0 Å². The quantitative estimate of drug-likeness (QED) is 0.651. The lowest BCUT2D eigenvalue weighted by atomic mass is 10.2. The van der Waals surface area contributed by atoms with Crippen molar-refractivity contribution in [3.63, 3.8) is 0 Å². The molecule has 0 aliphatic rings. The van der Waals surface area contributed by atoms with Crippen LogP contribution < -0.4 is 10.1 Å². The molecule has 0 spiro atoms. The molecule has 0 aliphatic heterocycles. The van der Waals surface area contributed by atoms with E-state index in [1.54, 1.807) is 12.3 Å². The molecule has 6 nitrogen and oxygen atoms in total. The normalized spacial score (nSPS) is 10.2. The van der Waals surface area contributed by atoms with Crippen LogP contribution in [-0.2, 0) is 6.61 Å². The summed E-state index contributed by atoms with van der Waals surface area (Å²) in [5.41, 5.74) is 0.696. The number of ether oxygens (including phenoxy) is 1. The zero-order chi connectivity index (χ0) is 15.2. The summed E-state index contributed by atoms with van der Waals surface area (Å²) in [5.74, 6) is 0.837. The molecule has 1 aromatic carbocycles. The third-order valence-corrected chi connectivity index (χ3v) is 2.97. The molecule has 0 saturated carbocycles. The third kappa shape index (κ3) is 3.82. The number of benzene rings is 1.